The smallest absolute Gasteiger partial charge is 0.282 e. The highest BCUT2D eigenvalue weighted by Crippen LogP contribution is 2.29. The quantitative estimate of drug-likeness (QED) is 0.747. The summed E-state index contributed by atoms with van der Waals surface area (Å²) in [6, 6.07) is 9.67. The summed E-state index contributed by atoms with van der Waals surface area (Å²) in [4.78, 5) is 0.0943. The third kappa shape index (κ3) is 3.87. The van der Waals surface area contributed by atoms with E-state index in [0.29, 0.717) is 17.4 Å². The number of aryl methyl sites for hydroxylation is 2. The zero-order valence-electron chi connectivity index (χ0n) is 13.3. The van der Waals surface area contributed by atoms with Crippen LogP contribution in [0.4, 0.5) is 0 Å². The normalized spacial score (nSPS) is 12.0. The van der Waals surface area contributed by atoms with E-state index in [0.717, 1.165) is 43.1 Å². The lowest BCUT2D eigenvalue weighted by Crippen LogP contribution is -2.05. The van der Waals surface area contributed by atoms with E-state index < -0.39 is 10.1 Å². The third-order valence-corrected chi connectivity index (χ3v) is 4.99. The largest absolute Gasteiger partial charge is 0.295 e. The molecule has 120 valence electrons. The Morgan fingerprint density at radius 1 is 0.955 bits per heavy atom. The highest BCUT2D eigenvalue weighted by molar-refractivity contribution is 7.86. The summed E-state index contributed by atoms with van der Waals surface area (Å²) in [7, 11) is -4.23. The fraction of sp³-hybridized carbons (Fsp3) is 0.444. The van der Waals surface area contributed by atoms with Crippen LogP contribution in [-0.4, -0.2) is 13.0 Å². The van der Waals surface area contributed by atoms with Gasteiger partial charge < -0.3 is 0 Å². The molecule has 0 radical (unpaired) electrons. The molecule has 0 aliphatic rings. The molecule has 0 bridgehead atoms. The van der Waals surface area contributed by atoms with E-state index in [1.54, 1.807) is 0 Å². The van der Waals surface area contributed by atoms with E-state index in [9.17, 15) is 13.0 Å². The predicted octanol–water partition coefficient (Wildman–Crippen LogP) is 4.77. The molecule has 4 heteroatoms. The zero-order chi connectivity index (χ0) is 16.2. The molecule has 2 aromatic rings. The van der Waals surface area contributed by atoms with Gasteiger partial charge in [-0.3, -0.25) is 4.55 Å². The monoisotopic (exact) mass is 320 g/mol. The summed E-state index contributed by atoms with van der Waals surface area (Å²) < 4.78 is 33.5. The number of hydrogen-bond donors (Lipinski definition) is 1. The van der Waals surface area contributed by atoms with Gasteiger partial charge >= 0.3 is 0 Å². The van der Waals surface area contributed by atoms with Crippen LogP contribution in [0.1, 0.15) is 50.7 Å². The van der Waals surface area contributed by atoms with Gasteiger partial charge in [-0.25, -0.2) is 0 Å². The highest BCUT2D eigenvalue weighted by Gasteiger charge is 2.19. The third-order valence-electron chi connectivity index (χ3n) is 3.99. The maximum atomic E-state index is 11.9. The first kappa shape index (κ1) is 17.0. The second-order valence-electron chi connectivity index (χ2n) is 5.79. The fourth-order valence-corrected chi connectivity index (χ4v) is 3.75. The number of hydrogen-bond acceptors (Lipinski definition) is 2. The van der Waals surface area contributed by atoms with E-state index in [1.165, 1.54) is 0 Å². The van der Waals surface area contributed by atoms with Crippen molar-refractivity contribution in [2.75, 3.05) is 0 Å². The topological polar surface area (TPSA) is 54.4 Å². The Labute approximate surface area is 133 Å². The summed E-state index contributed by atoms with van der Waals surface area (Å²) >= 11 is 0. The molecule has 0 amide bonds. The Morgan fingerprint density at radius 2 is 1.59 bits per heavy atom. The predicted molar refractivity (Wildman–Crippen MR) is 91.0 cm³/mol. The molecule has 2 aromatic carbocycles. The fourth-order valence-electron chi connectivity index (χ4n) is 2.79. The molecule has 1 N–H and O–H groups in total. The van der Waals surface area contributed by atoms with Gasteiger partial charge in [0, 0.05) is 5.39 Å². The minimum Gasteiger partial charge on any atom is -0.282 e. The summed E-state index contributed by atoms with van der Waals surface area (Å²) in [6.07, 6.45) is 5.66. The number of fused-ring (bicyclic) bond motifs is 1. The molecule has 0 aliphatic carbocycles. The second kappa shape index (κ2) is 7.25. The molecule has 2 rings (SSSR count). The molecule has 0 saturated heterocycles. The van der Waals surface area contributed by atoms with Gasteiger partial charge in [0.05, 0.1) is 0 Å². The highest BCUT2D eigenvalue weighted by atomic mass is 32.2. The Balaban J connectivity index is 2.62. The Bertz CT molecular complexity index is 743. The summed E-state index contributed by atoms with van der Waals surface area (Å²) in [5.74, 6) is 0. The van der Waals surface area contributed by atoms with E-state index in [-0.39, 0.29) is 4.90 Å². The van der Waals surface area contributed by atoms with Gasteiger partial charge in [0.15, 0.2) is 0 Å². The molecule has 0 spiro atoms. The minimum atomic E-state index is -4.23. The van der Waals surface area contributed by atoms with Crippen LogP contribution < -0.4 is 0 Å². The van der Waals surface area contributed by atoms with Crippen molar-refractivity contribution in [3.63, 3.8) is 0 Å². The maximum Gasteiger partial charge on any atom is 0.295 e. The van der Waals surface area contributed by atoms with Gasteiger partial charge in [-0.1, -0.05) is 51.0 Å². The standard InChI is InChI=1S/C18H24O3S/c1-3-5-7-14-9-10-15-11-12-16(8-6-4-2)18(17(15)13-14)22(19,20)21/h9-13H,3-8H2,1-2H3,(H,19,20,21). The summed E-state index contributed by atoms with van der Waals surface area (Å²) in [6.45, 7) is 4.20. The van der Waals surface area contributed by atoms with E-state index >= 15 is 0 Å². The van der Waals surface area contributed by atoms with Crippen molar-refractivity contribution < 1.29 is 13.0 Å². The van der Waals surface area contributed by atoms with Crippen LogP contribution in [-0.2, 0) is 23.0 Å². The van der Waals surface area contributed by atoms with Gasteiger partial charge in [-0.05, 0) is 48.3 Å². The average molecular weight is 320 g/mol. The van der Waals surface area contributed by atoms with Gasteiger partial charge in [-0.2, -0.15) is 8.42 Å². The van der Waals surface area contributed by atoms with Gasteiger partial charge in [-0.15, -0.1) is 0 Å². The second-order valence-corrected chi connectivity index (χ2v) is 7.15. The molecule has 0 fully saturated rings. The van der Waals surface area contributed by atoms with Crippen LogP contribution in [0, 0.1) is 0 Å². The van der Waals surface area contributed by atoms with Crippen molar-refractivity contribution in [2.45, 2.75) is 57.3 Å². The Morgan fingerprint density at radius 3 is 2.23 bits per heavy atom. The molecular formula is C18H24O3S. The van der Waals surface area contributed by atoms with Gasteiger partial charge in [0.1, 0.15) is 4.90 Å². The van der Waals surface area contributed by atoms with Crippen molar-refractivity contribution in [1.82, 2.24) is 0 Å². The number of rotatable bonds is 7. The van der Waals surface area contributed by atoms with Crippen molar-refractivity contribution in [2.24, 2.45) is 0 Å². The van der Waals surface area contributed by atoms with Gasteiger partial charge in [0.25, 0.3) is 10.1 Å². The lowest BCUT2D eigenvalue weighted by molar-refractivity contribution is 0.483. The zero-order valence-corrected chi connectivity index (χ0v) is 14.1. The molecule has 0 atom stereocenters. The molecule has 22 heavy (non-hydrogen) atoms. The maximum absolute atomic E-state index is 11.9. The van der Waals surface area contributed by atoms with Crippen molar-refractivity contribution in [3.8, 4) is 0 Å². The lowest BCUT2D eigenvalue weighted by atomic mass is 9.99. The first-order valence-corrected chi connectivity index (χ1v) is 9.43. The Kier molecular flexibility index (Phi) is 5.59. The van der Waals surface area contributed by atoms with Crippen LogP contribution in [0.2, 0.25) is 0 Å². The SMILES string of the molecule is CCCCc1ccc2ccc(CCCC)c(S(=O)(=O)O)c2c1. The van der Waals surface area contributed by atoms with Crippen molar-refractivity contribution in [1.29, 1.82) is 0 Å². The van der Waals surface area contributed by atoms with Gasteiger partial charge in [0.2, 0.25) is 0 Å². The molecule has 0 aliphatic heterocycles. The van der Waals surface area contributed by atoms with Crippen LogP contribution in [0.3, 0.4) is 0 Å². The first-order chi connectivity index (χ1) is 10.5. The van der Waals surface area contributed by atoms with Crippen LogP contribution in [0.5, 0.6) is 0 Å². The van der Waals surface area contributed by atoms with E-state index in [4.69, 9.17) is 0 Å². The minimum absolute atomic E-state index is 0.0943. The van der Waals surface area contributed by atoms with Crippen LogP contribution in [0.25, 0.3) is 10.8 Å². The van der Waals surface area contributed by atoms with E-state index in [1.807, 2.05) is 30.3 Å². The molecular weight excluding hydrogens is 296 g/mol. The lowest BCUT2D eigenvalue weighted by Gasteiger charge is -2.12. The van der Waals surface area contributed by atoms with Crippen LogP contribution >= 0.6 is 0 Å². The number of unbranched alkanes of at least 4 members (excludes halogenated alkanes) is 2. The Hall–Kier alpha value is -1.39. The summed E-state index contributed by atoms with van der Waals surface area (Å²) in [5, 5.41) is 1.50. The number of benzene rings is 2. The summed E-state index contributed by atoms with van der Waals surface area (Å²) in [5.41, 5.74) is 1.83. The molecule has 0 heterocycles. The van der Waals surface area contributed by atoms with E-state index in [2.05, 4.69) is 13.8 Å². The van der Waals surface area contributed by atoms with Crippen molar-refractivity contribution in [3.05, 3.63) is 41.5 Å². The van der Waals surface area contributed by atoms with Crippen LogP contribution in [0.15, 0.2) is 35.2 Å². The first-order valence-electron chi connectivity index (χ1n) is 7.99. The van der Waals surface area contributed by atoms with Crippen molar-refractivity contribution >= 4 is 20.9 Å². The molecule has 3 nitrogen and oxygen atoms in total. The molecule has 0 aromatic heterocycles. The molecule has 0 saturated carbocycles. The molecule has 0 unspecified atom stereocenters. The average Bonchev–Trinajstić information content (AvgIpc) is 2.48.